The lowest BCUT2D eigenvalue weighted by Gasteiger charge is -2.18. The summed E-state index contributed by atoms with van der Waals surface area (Å²) in [5.41, 5.74) is 3.04. The number of aryl methyl sites for hydroxylation is 1. The van der Waals surface area contributed by atoms with Crippen molar-refractivity contribution in [3.05, 3.63) is 65.2 Å². The highest BCUT2D eigenvalue weighted by Crippen LogP contribution is 2.27. The van der Waals surface area contributed by atoms with E-state index in [0.717, 1.165) is 16.7 Å². The molecule has 2 aromatic rings. The van der Waals surface area contributed by atoms with Crippen LogP contribution in [0.4, 0.5) is 0 Å². The summed E-state index contributed by atoms with van der Waals surface area (Å²) >= 11 is 0. The number of nitrogens with one attached hydrogen (secondary N) is 1. The molecule has 0 aliphatic rings. The Morgan fingerprint density at radius 2 is 1.78 bits per heavy atom. The summed E-state index contributed by atoms with van der Waals surface area (Å²) in [4.78, 5) is 24.4. The van der Waals surface area contributed by atoms with Crippen LogP contribution in [0.1, 0.15) is 36.5 Å². The predicted molar refractivity (Wildman–Crippen MR) is 105 cm³/mol. The van der Waals surface area contributed by atoms with Gasteiger partial charge in [-0.05, 0) is 35.6 Å². The van der Waals surface area contributed by atoms with Crippen molar-refractivity contribution in [1.29, 1.82) is 0 Å². The van der Waals surface area contributed by atoms with Crippen LogP contribution in [0.15, 0.2) is 48.5 Å². The monoisotopic (exact) mass is 369 g/mol. The summed E-state index contributed by atoms with van der Waals surface area (Å²) < 4.78 is 10.6. The normalized spacial score (nSPS) is 11.7. The number of hydrogen-bond donors (Lipinski definition) is 1. The molecular formula is C22H27NO4. The first kappa shape index (κ1) is 20.5. The molecule has 0 saturated carbocycles. The van der Waals surface area contributed by atoms with Gasteiger partial charge in [0.25, 0.3) is 5.91 Å². The molecule has 5 heteroatoms. The van der Waals surface area contributed by atoms with E-state index in [9.17, 15) is 9.59 Å². The third-order valence-electron chi connectivity index (χ3n) is 4.25. The summed E-state index contributed by atoms with van der Waals surface area (Å²) in [5, 5.41) is 2.71. The van der Waals surface area contributed by atoms with E-state index < -0.39 is 12.0 Å². The van der Waals surface area contributed by atoms with Crippen LogP contribution in [0.25, 0.3) is 0 Å². The van der Waals surface area contributed by atoms with Crippen LogP contribution in [0.3, 0.4) is 0 Å². The smallest absolute Gasteiger partial charge is 0.328 e. The number of hydrogen-bond acceptors (Lipinski definition) is 4. The van der Waals surface area contributed by atoms with E-state index in [1.807, 2.05) is 55.5 Å². The summed E-state index contributed by atoms with van der Waals surface area (Å²) in [5.74, 6) is 0.130. The molecule has 2 rings (SSSR count). The van der Waals surface area contributed by atoms with Gasteiger partial charge in [-0.15, -0.1) is 0 Å². The summed E-state index contributed by atoms with van der Waals surface area (Å²) in [7, 11) is 1.31. The molecule has 1 N–H and O–H groups in total. The highest BCUT2D eigenvalue weighted by molar-refractivity contribution is 5.85. The van der Waals surface area contributed by atoms with Crippen molar-refractivity contribution in [2.75, 3.05) is 13.7 Å². The van der Waals surface area contributed by atoms with Crippen LogP contribution in [-0.2, 0) is 20.7 Å². The molecule has 0 spiro atoms. The maximum atomic E-state index is 12.4. The van der Waals surface area contributed by atoms with Crippen LogP contribution >= 0.6 is 0 Å². The number of carbonyl (C=O) groups is 2. The molecule has 0 fully saturated rings. The Kier molecular flexibility index (Phi) is 7.41. The Hall–Kier alpha value is -2.82. The summed E-state index contributed by atoms with van der Waals surface area (Å²) in [6, 6.07) is 14.7. The molecule has 1 atom stereocenters. The van der Waals surface area contributed by atoms with E-state index in [4.69, 9.17) is 9.47 Å². The lowest BCUT2D eigenvalue weighted by atomic mass is 10.0. The SMILES string of the molecule is COC(=O)[C@H](Cc1ccccc1)NC(=O)COc1cc(C)ccc1C(C)C. The van der Waals surface area contributed by atoms with Crippen molar-refractivity contribution in [3.63, 3.8) is 0 Å². The highest BCUT2D eigenvalue weighted by atomic mass is 16.5. The Labute approximate surface area is 160 Å². The number of ether oxygens (including phenoxy) is 2. The van der Waals surface area contributed by atoms with Crippen molar-refractivity contribution < 1.29 is 19.1 Å². The van der Waals surface area contributed by atoms with Gasteiger partial charge < -0.3 is 14.8 Å². The quantitative estimate of drug-likeness (QED) is 0.725. The summed E-state index contributed by atoms with van der Waals surface area (Å²) in [6.45, 7) is 5.96. The van der Waals surface area contributed by atoms with Crippen LogP contribution in [0.5, 0.6) is 5.75 Å². The average Bonchev–Trinajstić information content (AvgIpc) is 2.65. The van der Waals surface area contributed by atoms with Gasteiger partial charge in [0.15, 0.2) is 6.61 Å². The van der Waals surface area contributed by atoms with Crippen molar-refractivity contribution in [1.82, 2.24) is 5.32 Å². The number of amides is 1. The molecule has 5 nitrogen and oxygen atoms in total. The van der Waals surface area contributed by atoms with Crippen molar-refractivity contribution in [2.45, 2.75) is 39.2 Å². The first-order valence-electron chi connectivity index (χ1n) is 9.05. The van der Waals surface area contributed by atoms with Crippen molar-refractivity contribution in [3.8, 4) is 5.75 Å². The molecule has 0 bridgehead atoms. The molecule has 0 radical (unpaired) electrons. The number of carbonyl (C=O) groups excluding carboxylic acids is 2. The number of methoxy groups -OCH3 is 1. The van der Waals surface area contributed by atoms with E-state index in [-0.39, 0.29) is 18.4 Å². The fourth-order valence-corrected chi connectivity index (χ4v) is 2.81. The average molecular weight is 369 g/mol. The largest absolute Gasteiger partial charge is 0.483 e. The minimum Gasteiger partial charge on any atom is -0.483 e. The standard InChI is InChI=1S/C22H27NO4/c1-15(2)18-11-10-16(3)12-20(18)27-14-21(24)23-19(22(25)26-4)13-17-8-6-5-7-9-17/h5-12,15,19H,13-14H2,1-4H3,(H,23,24)/t19-/m0/s1. The van der Waals surface area contributed by atoms with Gasteiger partial charge in [0.1, 0.15) is 11.8 Å². The summed E-state index contributed by atoms with van der Waals surface area (Å²) in [6.07, 6.45) is 0.362. The molecule has 0 heterocycles. The van der Waals surface area contributed by atoms with E-state index in [1.54, 1.807) is 0 Å². The second kappa shape index (κ2) is 9.76. The Morgan fingerprint density at radius 1 is 1.07 bits per heavy atom. The van der Waals surface area contributed by atoms with Gasteiger partial charge in [-0.3, -0.25) is 4.79 Å². The van der Waals surface area contributed by atoms with E-state index in [0.29, 0.717) is 12.2 Å². The number of esters is 1. The molecule has 0 unspecified atom stereocenters. The molecule has 0 aromatic heterocycles. The van der Waals surface area contributed by atoms with Crippen LogP contribution < -0.4 is 10.1 Å². The Balaban J connectivity index is 2.02. The predicted octanol–water partition coefficient (Wildman–Crippen LogP) is 3.40. The number of benzene rings is 2. The highest BCUT2D eigenvalue weighted by Gasteiger charge is 2.22. The molecule has 144 valence electrons. The first-order chi connectivity index (χ1) is 12.9. The van der Waals surface area contributed by atoms with Crippen molar-refractivity contribution in [2.24, 2.45) is 0 Å². The molecule has 0 aliphatic heterocycles. The Morgan fingerprint density at radius 3 is 2.41 bits per heavy atom. The van der Waals surface area contributed by atoms with E-state index in [2.05, 4.69) is 19.2 Å². The topological polar surface area (TPSA) is 64.6 Å². The lowest BCUT2D eigenvalue weighted by Crippen LogP contribution is -2.45. The Bertz CT molecular complexity index is 771. The third-order valence-corrected chi connectivity index (χ3v) is 4.25. The third kappa shape index (κ3) is 6.13. The van der Waals surface area contributed by atoms with Gasteiger partial charge in [0, 0.05) is 6.42 Å². The van der Waals surface area contributed by atoms with Gasteiger partial charge in [0.05, 0.1) is 7.11 Å². The van der Waals surface area contributed by atoms with Gasteiger partial charge in [0.2, 0.25) is 0 Å². The minimum atomic E-state index is -0.754. The fraction of sp³-hybridized carbons (Fsp3) is 0.364. The van der Waals surface area contributed by atoms with Crippen LogP contribution in [-0.4, -0.2) is 31.6 Å². The van der Waals surface area contributed by atoms with Crippen molar-refractivity contribution >= 4 is 11.9 Å². The first-order valence-corrected chi connectivity index (χ1v) is 9.05. The van der Waals surface area contributed by atoms with E-state index >= 15 is 0 Å². The van der Waals surface area contributed by atoms with Gasteiger partial charge in [-0.2, -0.15) is 0 Å². The minimum absolute atomic E-state index is 0.161. The lowest BCUT2D eigenvalue weighted by molar-refractivity contribution is -0.145. The molecule has 0 saturated heterocycles. The van der Waals surface area contributed by atoms with Gasteiger partial charge in [-0.1, -0.05) is 56.3 Å². The molecule has 2 aromatic carbocycles. The van der Waals surface area contributed by atoms with Gasteiger partial charge in [-0.25, -0.2) is 4.79 Å². The van der Waals surface area contributed by atoms with Gasteiger partial charge >= 0.3 is 5.97 Å². The number of rotatable bonds is 8. The molecule has 27 heavy (non-hydrogen) atoms. The zero-order chi connectivity index (χ0) is 19.8. The second-order valence-corrected chi connectivity index (χ2v) is 6.82. The zero-order valence-electron chi connectivity index (χ0n) is 16.3. The maximum absolute atomic E-state index is 12.4. The fourth-order valence-electron chi connectivity index (χ4n) is 2.81. The van der Waals surface area contributed by atoms with Crippen LogP contribution in [0, 0.1) is 6.92 Å². The molecular weight excluding hydrogens is 342 g/mol. The van der Waals surface area contributed by atoms with Crippen LogP contribution in [0.2, 0.25) is 0 Å². The van der Waals surface area contributed by atoms with E-state index in [1.165, 1.54) is 7.11 Å². The molecule has 1 amide bonds. The maximum Gasteiger partial charge on any atom is 0.328 e. The molecule has 0 aliphatic carbocycles. The zero-order valence-corrected chi connectivity index (χ0v) is 16.3. The second-order valence-electron chi connectivity index (χ2n) is 6.82.